The smallest absolute Gasteiger partial charge is 0.240 e. The molecule has 0 saturated heterocycles. The molecular formula is C25H27FN6O3S. The number of aryl methyl sites for hydroxylation is 1. The summed E-state index contributed by atoms with van der Waals surface area (Å²) in [5.74, 6) is 0.678. The highest BCUT2D eigenvalue weighted by Gasteiger charge is 2.16. The molecule has 0 aliphatic heterocycles. The molecule has 0 aliphatic rings. The number of nitrogens with zero attached hydrogens (tertiary/aromatic N) is 4. The summed E-state index contributed by atoms with van der Waals surface area (Å²) in [6.45, 7) is 3.38. The van der Waals surface area contributed by atoms with Crippen molar-refractivity contribution in [1.82, 2.24) is 24.5 Å². The van der Waals surface area contributed by atoms with Crippen LogP contribution >= 0.6 is 0 Å². The number of methoxy groups -OCH3 is 1. The van der Waals surface area contributed by atoms with E-state index in [9.17, 15) is 12.8 Å². The molecule has 0 unspecified atom stereocenters. The van der Waals surface area contributed by atoms with Crippen LogP contribution in [0.4, 0.5) is 10.3 Å². The standard InChI is InChI=1S/C25H27FN6O3S/c1-3-32-17-22(24(31-32)18-6-4-7-20(16-18)35-2)23-12-15-28-25(30-23)27-13-5-14-29-36(33,34)21-10-8-19(26)9-11-21/h4,6-12,15-17,29H,3,5,13-14H2,1-2H3,(H,27,28,30). The molecular weight excluding hydrogens is 483 g/mol. The van der Waals surface area contributed by atoms with E-state index in [1.165, 1.54) is 12.1 Å². The van der Waals surface area contributed by atoms with Gasteiger partial charge in [-0.15, -0.1) is 0 Å². The highest BCUT2D eigenvalue weighted by molar-refractivity contribution is 7.89. The van der Waals surface area contributed by atoms with E-state index in [0.29, 0.717) is 31.2 Å². The first-order valence-electron chi connectivity index (χ1n) is 11.4. The van der Waals surface area contributed by atoms with Gasteiger partial charge in [-0.1, -0.05) is 12.1 Å². The lowest BCUT2D eigenvalue weighted by molar-refractivity contribution is 0.415. The van der Waals surface area contributed by atoms with Crippen molar-refractivity contribution in [3.05, 3.63) is 72.8 Å². The summed E-state index contributed by atoms with van der Waals surface area (Å²) >= 11 is 0. The SMILES string of the molecule is CCn1cc(-c2ccnc(NCCCNS(=O)(=O)c3ccc(F)cc3)n2)c(-c2cccc(OC)c2)n1. The third-order valence-electron chi connectivity index (χ3n) is 5.41. The molecule has 0 amide bonds. The van der Waals surface area contributed by atoms with Gasteiger partial charge in [-0.25, -0.2) is 27.5 Å². The maximum absolute atomic E-state index is 13.0. The quantitative estimate of drug-likeness (QED) is 0.294. The largest absolute Gasteiger partial charge is 0.497 e. The summed E-state index contributed by atoms with van der Waals surface area (Å²) in [6, 6.07) is 14.2. The molecule has 36 heavy (non-hydrogen) atoms. The van der Waals surface area contributed by atoms with Gasteiger partial charge < -0.3 is 10.1 Å². The van der Waals surface area contributed by atoms with Crippen LogP contribution < -0.4 is 14.8 Å². The molecule has 11 heteroatoms. The van der Waals surface area contributed by atoms with Crippen molar-refractivity contribution >= 4 is 16.0 Å². The molecule has 0 bridgehead atoms. The van der Waals surface area contributed by atoms with Crippen molar-refractivity contribution in [2.45, 2.75) is 24.8 Å². The first kappa shape index (κ1) is 25.3. The van der Waals surface area contributed by atoms with E-state index in [0.717, 1.165) is 34.7 Å². The van der Waals surface area contributed by atoms with Crippen LogP contribution in [-0.2, 0) is 16.6 Å². The first-order chi connectivity index (χ1) is 17.4. The Bertz CT molecular complexity index is 1420. The van der Waals surface area contributed by atoms with Crippen molar-refractivity contribution in [3.8, 4) is 28.3 Å². The van der Waals surface area contributed by atoms with Crippen molar-refractivity contribution in [3.63, 3.8) is 0 Å². The zero-order valence-electron chi connectivity index (χ0n) is 20.0. The predicted octanol–water partition coefficient (Wildman–Crippen LogP) is 3.96. The van der Waals surface area contributed by atoms with E-state index in [4.69, 9.17) is 9.84 Å². The van der Waals surface area contributed by atoms with Gasteiger partial charge in [-0.05, 0) is 55.8 Å². The number of aromatic nitrogens is 4. The number of sulfonamides is 1. The number of ether oxygens (including phenoxy) is 1. The van der Waals surface area contributed by atoms with Gasteiger partial charge in [0.25, 0.3) is 0 Å². The zero-order valence-corrected chi connectivity index (χ0v) is 20.8. The minimum atomic E-state index is -3.70. The number of halogens is 1. The molecule has 2 aromatic carbocycles. The molecule has 0 fully saturated rings. The Hall–Kier alpha value is -3.83. The summed E-state index contributed by atoms with van der Waals surface area (Å²) in [6.07, 6.45) is 4.11. The van der Waals surface area contributed by atoms with E-state index in [2.05, 4.69) is 20.0 Å². The molecule has 2 heterocycles. The molecule has 188 valence electrons. The molecule has 9 nitrogen and oxygen atoms in total. The fourth-order valence-corrected chi connectivity index (χ4v) is 4.61. The average Bonchev–Trinajstić information content (AvgIpc) is 3.34. The monoisotopic (exact) mass is 510 g/mol. The van der Waals surface area contributed by atoms with E-state index in [-0.39, 0.29) is 11.4 Å². The summed E-state index contributed by atoms with van der Waals surface area (Å²) in [5.41, 5.74) is 3.28. The van der Waals surface area contributed by atoms with Crippen LogP contribution in [0.25, 0.3) is 22.5 Å². The van der Waals surface area contributed by atoms with Crippen molar-refractivity contribution < 1.29 is 17.5 Å². The third-order valence-corrected chi connectivity index (χ3v) is 6.89. The second-order valence-electron chi connectivity index (χ2n) is 7.88. The van der Waals surface area contributed by atoms with Crippen LogP contribution in [0.1, 0.15) is 13.3 Å². The molecule has 2 N–H and O–H groups in total. The highest BCUT2D eigenvalue weighted by atomic mass is 32.2. The Labute approximate surface area is 209 Å². The van der Waals surface area contributed by atoms with Crippen LogP contribution in [0.2, 0.25) is 0 Å². The second kappa shape index (κ2) is 11.3. The van der Waals surface area contributed by atoms with Gasteiger partial charge in [0.15, 0.2) is 0 Å². The average molecular weight is 511 g/mol. The van der Waals surface area contributed by atoms with Crippen LogP contribution in [0.15, 0.2) is 71.9 Å². The number of rotatable bonds is 11. The number of anilines is 1. The molecule has 0 aliphatic carbocycles. The first-order valence-corrected chi connectivity index (χ1v) is 12.9. The molecule has 0 atom stereocenters. The summed E-state index contributed by atoms with van der Waals surface area (Å²) in [7, 11) is -2.07. The minimum Gasteiger partial charge on any atom is -0.497 e. The van der Waals surface area contributed by atoms with Crippen LogP contribution in [0, 0.1) is 5.82 Å². The van der Waals surface area contributed by atoms with Gasteiger partial charge in [0.1, 0.15) is 17.3 Å². The van der Waals surface area contributed by atoms with Gasteiger partial charge in [0, 0.05) is 43.2 Å². The lowest BCUT2D eigenvalue weighted by Gasteiger charge is -2.09. The minimum absolute atomic E-state index is 0.0207. The van der Waals surface area contributed by atoms with Crippen molar-refractivity contribution in [1.29, 1.82) is 0 Å². The van der Waals surface area contributed by atoms with Crippen LogP contribution in [0.3, 0.4) is 0 Å². The molecule has 4 aromatic rings. The summed E-state index contributed by atoms with van der Waals surface area (Å²) < 4.78 is 47.4. The number of hydrogen-bond donors (Lipinski definition) is 2. The van der Waals surface area contributed by atoms with Crippen molar-refractivity contribution in [2.75, 3.05) is 25.5 Å². The summed E-state index contributed by atoms with van der Waals surface area (Å²) in [5, 5.41) is 7.85. The van der Waals surface area contributed by atoms with Crippen LogP contribution in [0.5, 0.6) is 5.75 Å². The fourth-order valence-electron chi connectivity index (χ4n) is 3.54. The lowest BCUT2D eigenvalue weighted by Crippen LogP contribution is -2.26. The van der Waals surface area contributed by atoms with Gasteiger partial charge in [0.2, 0.25) is 16.0 Å². The second-order valence-corrected chi connectivity index (χ2v) is 9.64. The van der Waals surface area contributed by atoms with Gasteiger partial charge in [-0.2, -0.15) is 5.10 Å². The van der Waals surface area contributed by atoms with Gasteiger partial charge in [0.05, 0.1) is 17.7 Å². The maximum atomic E-state index is 13.0. The van der Waals surface area contributed by atoms with Gasteiger partial charge >= 0.3 is 0 Å². The van der Waals surface area contributed by atoms with Gasteiger partial charge in [-0.3, -0.25) is 4.68 Å². The number of nitrogens with one attached hydrogen (secondary N) is 2. The third kappa shape index (κ3) is 6.04. The maximum Gasteiger partial charge on any atom is 0.240 e. The molecule has 2 aromatic heterocycles. The van der Waals surface area contributed by atoms with Crippen molar-refractivity contribution in [2.24, 2.45) is 0 Å². The molecule has 0 saturated carbocycles. The topological polar surface area (TPSA) is 111 Å². The summed E-state index contributed by atoms with van der Waals surface area (Å²) in [4.78, 5) is 8.94. The Morgan fingerprint density at radius 2 is 1.89 bits per heavy atom. The zero-order chi connectivity index (χ0) is 25.5. The van der Waals surface area contributed by atoms with E-state index >= 15 is 0 Å². The molecule has 4 rings (SSSR count). The normalized spacial score (nSPS) is 11.4. The van der Waals surface area contributed by atoms with Crippen LogP contribution in [-0.4, -0.2) is 48.4 Å². The fraction of sp³-hybridized carbons (Fsp3) is 0.240. The Kier molecular flexibility index (Phi) is 7.91. The number of hydrogen-bond acceptors (Lipinski definition) is 7. The Balaban J connectivity index is 1.41. The molecule has 0 spiro atoms. The van der Waals surface area contributed by atoms with E-state index in [1.807, 2.05) is 48.1 Å². The van der Waals surface area contributed by atoms with E-state index < -0.39 is 15.8 Å². The predicted molar refractivity (Wildman–Crippen MR) is 136 cm³/mol. The Morgan fingerprint density at radius 3 is 2.64 bits per heavy atom. The Morgan fingerprint density at radius 1 is 1.08 bits per heavy atom. The lowest BCUT2D eigenvalue weighted by atomic mass is 10.1. The molecule has 0 radical (unpaired) electrons. The highest BCUT2D eigenvalue weighted by Crippen LogP contribution is 2.32. The number of benzene rings is 2. The van der Waals surface area contributed by atoms with E-state index in [1.54, 1.807) is 13.3 Å².